The van der Waals surface area contributed by atoms with E-state index in [1.54, 1.807) is 12.1 Å². The Morgan fingerprint density at radius 1 is 1.21 bits per heavy atom. The molecular weight excluding hydrogens is 243 g/mol. The fourth-order valence-corrected chi connectivity index (χ4v) is 1.63. The largest absolute Gasteiger partial charge is 0.356 e. The molecule has 0 aliphatic heterocycles. The fraction of sp³-hybridized carbons (Fsp3) is 0.533. The molecule has 0 unspecified atom stereocenters. The van der Waals surface area contributed by atoms with Gasteiger partial charge in [-0.1, -0.05) is 26.0 Å². The van der Waals surface area contributed by atoms with Crippen molar-refractivity contribution in [2.24, 2.45) is 5.92 Å². The van der Waals surface area contributed by atoms with Crippen molar-refractivity contribution in [2.45, 2.75) is 33.2 Å². The Morgan fingerprint density at radius 3 is 2.53 bits per heavy atom. The molecule has 0 aromatic heterocycles. The van der Waals surface area contributed by atoms with Crippen LogP contribution < -0.4 is 10.6 Å². The molecule has 0 saturated heterocycles. The van der Waals surface area contributed by atoms with Crippen molar-refractivity contribution < 1.29 is 9.18 Å². The van der Waals surface area contributed by atoms with E-state index in [-0.39, 0.29) is 11.7 Å². The van der Waals surface area contributed by atoms with Crippen LogP contribution in [-0.2, 0) is 11.3 Å². The van der Waals surface area contributed by atoms with Crippen molar-refractivity contribution in [1.82, 2.24) is 10.6 Å². The number of hydrogen-bond acceptors (Lipinski definition) is 2. The van der Waals surface area contributed by atoms with E-state index >= 15 is 0 Å². The van der Waals surface area contributed by atoms with Crippen molar-refractivity contribution in [1.29, 1.82) is 0 Å². The number of halogens is 1. The SMILES string of the molecule is CC(C)CCNC(=O)CCNCc1ccc(F)cc1. The van der Waals surface area contributed by atoms with E-state index in [9.17, 15) is 9.18 Å². The van der Waals surface area contributed by atoms with Crippen LogP contribution in [0.1, 0.15) is 32.3 Å². The van der Waals surface area contributed by atoms with Crippen LogP contribution >= 0.6 is 0 Å². The van der Waals surface area contributed by atoms with Crippen LogP contribution in [0.5, 0.6) is 0 Å². The predicted molar refractivity (Wildman–Crippen MR) is 75.2 cm³/mol. The van der Waals surface area contributed by atoms with Gasteiger partial charge in [0.1, 0.15) is 5.82 Å². The minimum Gasteiger partial charge on any atom is -0.356 e. The van der Waals surface area contributed by atoms with Gasteiger partial charge in [0, 0.05) is 26.1 Å². The van der Waals surface area contributed by atoms with E-state index in [0.29, 0.717) is 25.4 Å². The van der Waals surface area contributed by atoms with E-state index in [0.717, 1.165) is 18.5 Å². The molecule has 1 aromatic carbocycles. The molecule has 0 aliphatic rings. The maximum absolute atomic E-state index is 12.7. The van der Waals surface area contributed by atoms with Gasteiger partial charge in [0.2, 0.25) is 5.91 Å². The van der Waals surface area contributed by atoms with Gasteiger partial charge in [-0.25, -0.2) is 4.39 Å². The van der Waals surface area contributed by atoms with Gasteiger partial charge in [0.15, 0.2) is 0 Å². The highest BCUT2D eigenvalue weighted by Crippen LogP contribution is 2.02. The Morgan fingerprint density at radius 2 is 1.89 bits per heavy atom. The van der Waals surface area contributed by atoms with E-state index in [1.807, 2.05) is 0 Å². The molecule has 1 rings (SSSR count). The van der Waals surface area contributed by atoms with Crippen LogP contribution in [0.4, 0.5) is 4.39 Å². The third kappa shape index (κ3) is 7.57. The first-order chi connectivity index (χ1) is 9.08. The summed E-state index contributed by atoms with van der Waals surface area (Å²) in [7, 11) is 0. The highest BCUT2D eigenvalue weighted by Gasteiger charge is 2.01. The molecule has 4 heteroatoms. The third-order valence-electron chi connectivity index (χ3n) is 2.82. The lowest BCUT2D eigenvalue weighted by molar-refractivity contribution is -0.121. The van der Waals surface area contributed by atoms with E-state index in [2.05, 4.69) is 24.5 Å². The molecule has 0 spiro atoms. The molecule has 106 valence electrons. The first-order valence-electron chi connectivity index (χ1n) is 6.80. The molecule has 0 aliphatic carbocycles. The molecular formula is C15H23FN2O. The maximum Gasteiger partial charge on any atom is 0.221 e. The summed E-state index contributed by atoms with van der Waals surface area (Å²) in [5.74, 6) is 0.456. The number of hydrogen-bond donors (Lipinski definition) is 2. The summed E-state index contributed by atoms with van der Waals surface area (Å²) in [6, 6.07) is 6.36. The first-order valence-corrected chi connectivity index (χ1v) is 6.80. The zero-order valence-corrected chi connectivity index (χ0v) is 11.7. The van der Waals surface area contributed by atoms with Gasteiger partial charge in [-0.2, -0.15) is 0 Å². The van der Waals surface area contributed by atoms with Gasteiger partial charge in [-0.15, -0.1) is 0 Å². The fourth-order valence-electron chi connectivity index (χ4n) is 1.63. The molecule has 3 nitrogen and oxygen atoms in total. The number of benzene rings is 1. The Balaban J connectivity index is 2.07. The monoisotopic (exact) mass is 266 g/mol. The number of carbonyl (C=O) groups is 1. The topological polar surface area (TPSA) is 41.1 Å². The van der Waals surface area contributed by atoms with Gasteiger partial charge >= 0.3 is 0 Å². The van der Waals surface area contributed by atoms with Gasteiger partial charge in [-0.05, 0) is 30.0 Å². The predicted octanol–water partition coefficient (Wildman–Crippen LogP) is 2.47. The summed E-state index contributed by atoms with van der Waals surface area (Å²) in [6.07, 6.45) is 1.48. The molecule has 2 N–H and O–H groups in total. The van der Waals surface area contributed by atoms with Crippen molar-refractivity contribution >= 4 is 5.91 Å². The standard InChI is InChI=1S/C15H23FN2O/c1-12(2)7-10-18-15(19)8-9-17-11-13-3-5-14(16)6-4-13/h3-6,12,17H,7-11H2,1-2H3,(H,18,19). The Kier molecular flexibility index (Phi) is 7.11. The molecule has 0 bridgehead atoms. The van der Waals surface area contributed by atoms with Crippen molar-refractivity contribution in [3.63, 3.8) is 0 Å². The second kappa shape index (κ2) is 8.64. The number of amides is 1. The van der Waals surface area contributed by atoms with E-state index in [4.69, 9.17) is 0 Å². The Hall–Kier alpha value is -1.42. The number of nitrogens with one attached hydrogen (secondary N) is 2. The zero-order chi connectivity index (χ0) is 14.1. The molecule has 0 radical (unpaired) electrons. The second-order valence-electron chi connectivity index (χ2n) is 5.09. The van der Waals surface area contributed by atoms with Gasteiger partial charge in [-0.3, -0.25) is 4.79 Å². The third-order valence-corrected chi connectivity index (χ3v) is 2.82. The van der Waals surface area contributed by atoms with Crippen molar-refractivity contribution in [3.05, 3.63) is 35.6 Å². The summed E-state index contributed by atoms with van der Waals surface area (Å²) >= 11 is 0. The summed E-state index contributed by atoms with van der Waals surface area (Å²) in [5, 5.41) is 6.06. The van der Waals surface area contributed by atoms with Crippen molar-refractivity contribution in [2.75, 3.05) is 13.1 Å². The normalized spacial score (nSPS) is 10.7. The summed E-state index contributed by atoms with van der Waals surface area (Å²) in [5.41, 5.74) is 1.02. The van der Waals surface area contributed by atoms with Crippen LogP contribution in [0.2, 0.25) is 0 Å². The van der Waals surface area contributed by atoms with Gasteiger partial charge in [0.25, 0.3) is 0 Å². The number of carbonyl (C=O) groups excluding carboxylic acids is 1. The maximum atomic E-state index is 12.7. The smallest absolute Gasteiger partial charge is 0.221 e. The average molecular weight is 266 g/mol. The lowest BCUT2D eigenvalue weighted by atomic mass is 10.1. The molecule has 0 heterocycles. The van der Waals surface area contributed by atoms with Gasteiger partial charge in [0.05, 0.1) is 0 Å². The zero-order valence-electron chi connectivity index (χ0n) is 11.7. The summed E-state index contributed by atoms with van der Waals surface area (Å²) < 4.78 is 12.7. The van der Waals surface area contributed by atoms with Crippen LogP contribution in [-0.4, -0.2) is 19.0 Å². The lowest BCUT2D eigenvalue weighted by Crippen LogP contribution is -2.28. The minimum absolute atomic E-state index is 0.0762. The molecule has 0 saturated carbocycles. The quantitative estimate of drug-likeness (QED) is 0.710. The summed E-state index contributed by atoms with van der Waals surface area (Å²) in [4.78, 5) is 11.5. The molecule has 0 fully saturated rings. The highest BCUT2D eigenvalue weighted by atomic mass is 19.1. The Labute approximate surface area is 114 Å². The van der Waals surface area contributed by atoms with E-state index in [1.165, 1.54) is 12.1 Å². The summed E-state index contributed by atoms with van der Waals surface area (Å²) in [6.45, 7) is 6.30. The van der Waals surface area contributed by atoms with Crippen LogP contribution in [0, 0.1) is 11.7 Å². The van der Waals surface area contributed by atoms with Crippen molar-refractivity contribution in [3.8, 4) is 0 Å². The molecule has 1 aromatic rings. The van der Waals surface area contributed by atoms with Crippen LogP contribution in [0.3, 0.4) is 0 Å². The second-order valence-corrected chi connectivity index (χ2v) is 5.09. The lowest BCUT2D eigenvalue weighted by Gasteiger charge is -2.08. The molecule has 1 amide bonds. The van der Waals surface area contributed by atoms with Crippen LogP contribution in [0.25, 0.3) is 0 Å². The Bertz CT molecular complexity index is 376. The first kappa shape index (κ1) is 15.6. The van der Waals surface area contributed by atoms with E-state index < -0.39 is 0 Å². The molecule has 0 atom stereocenters. The number of rotatable bonds is 8. The van der Waals surface area contributed by atoms with Crippen LogP contribution in [0.15, 0.2) is 24.3 Å². The highest BCUT2D eigenvalue weighted by molar-refractivity contribution is 5.75. The molecule has 19 heavy (non-hydrogen) atoms. The van der Waals surface area contributed by atoms with Gasteiger partial charge < -0.3 is 10.6 Å². The minimum atomic E-state index is -0.228. The average Bonchev–Trinajstić information content (AvgIpc) is 2.36.